The molecule has 0 aromatic heterocycles. The molecule has 1 aromatic rings. The molecule has 0 aliphatic carbocycles. The van der Waals surface area contributed by atoms with Crippen LogP contribution in [0.5, 0.6) is 0 Å². The molecule has 1 aromatic carbocycles. The smallest absolute Gasteiger partial charge is 0.337 e. The third kappa shape index (κ3) is 3.57. The van der Waals surface area contributed by atoms with E-state index in [-0.39, 0.29) is 21.8 Å². The van der Waals surface area contributed by atoms with E-state index in [1.165, 1.54) is 6.07 Å². The van der Waals surface area contributed by atoms with Gasteiger partial charge in [-0.3, -0.25) is 4.79 Å². The number of hydrogen-bond donors (Lipinski definition) is 5. The fourth-order valence-electron chi connectivity index (χ4n) is 1.59. The molecule has 0 aliphatic rings. The Hall–Kier alpha value is -1.83. The maximum Gasteiger partial charge on any atom is 0.337 e. The number of aromatic carboxylic acids is 1. The Morgan fingerprint density at radius 3 is 2.37 bits per heavy atom. The van der Waals surface area contributed by atoms with E-state index < -0.39 is 30.5 Å². The molecular weight excluding hydrogens is 276 g/mol. The highest BCUT2D eigenvalue weighted by Crippen LogP contribution is 2.30. The number of carboxylic acid groups (broad SMARTS) is 1. The highest BCUT2D eigenvalue weighted by molar-refractivity contribution is 6.31. The van der Waals surface area contributed by atoms with E-state index in [1.807, 2.05) is 0 Å². The lowest BCUT2D eigenvalue weighted by atomic mass is 9.97. The number of anilines is 1. The van der Waals surface area contributed by atoms with Gasteiger partial charge in [-0.15, -0.1) is 0 Å². The van der Waals surface area contributed by atoms with Crippen LogP contribution in [-0.2, 0) is 4.79 Å². The van der Waals surface area contributed by atoms with Crippen LogP contribution in [0.3, 0.4) is 0 Å². The molecular formula is C11H13ClN2O5. The molecule has 1 amide bonds. The molecule has 8 heteroatoms. The summed E-state index contributed by atoms with van der Waals surface area (Å²) in [6.07, 6.45) is -3.56. The van der Waals surface area contributed by atoms with Crippen molar-refractivity contribution in [1.29, 1.82) is 0 Å². The summed E-state index contributed by atoms with van der Waals surface area (Å²) >= 11 is 5.72. The molecule has 2 atom stereocenters. The molecule has 2 unspecified atom stereocenters. The zero-order chi connectivity index (χ0) is 14.7. The van der Waals surface area contributed by atoms with Crippen molar-refractivity contribution in [3.05, 3.63) is 28.3 Å². The standard InChI is InChI=1S/C11H13ClN2O5/c12-4-1-5(9(14)6(2-4)11(18)19)10(17)7(15)3-8(13)16/h1-2,7,10,15,17H,3,14H2,(H2,13,16)(H,18,19). The summed E-state index contributed by atoms with van der Waals surface area (Å²) in [6.45, 7) is 0. The van der Waals surface area contributed by atoms with Crippen LogP contribution >= 0.6 is 11.6 Å². The Morgan fingerprint density at radius 1 is 1.32 bits per heavy atom. The molecule has 0 saturated carbocycles. The monoisotopic (exact) mass is 288 g/mol. The minimum atomic E-state index is -1.57. The van der Waals surface area contributed by atoms with Crippen LogP contribution < -0.4 is 11.5 Å². The Morgan fingerprint density at radius 2 is 1.89 bits per heavy atom. The quantitative estimate of drug-likeness (QED) is 0.478. The largest absolute Gasteiger partial charge is 0.478 e. The SMILES string of the molecule is NC(=O)CC(O)C(O)c1cc(Cl)cc(C(=O)O)c1N. The summed E-state index contributed by atoms with van der Waals surface area (Å²) in [5, 5.41) is 28.4. The van der Waals surface area contributed by atoms with Crippen molar-refractivity contribution in [3.63, 3.8) is 0 Å². The summed E-state index contributed by atoms with van der Waals surface area (Å²) in [7, 11) is 0. The fourth-order valence-corrected chi connectivity index (χ4v) is 1.81. The number of nitrogen functional groups attached to an aromatic ring is 1. The molecule has 0 fully saturated rings. The number of aliphatic hydroxyl groups is 2. The topological polar surface area (TPSA) is 147 Å². The first kappa shape index (κ1) is 15.2. The van der Waals surface area contributed by atoms with Crippen LogP contribution in [0.2, 0.25) is 5.02 Å². The highest BCUT2D eigenvalue weighted by atomic mass is 35.5. The van der Waals surface area contributed by atoms with Crippen LogP contribution in [0.25, 0.3) is 0 Å². The number of rotatable bonds is 5. The van der Waals surface area contributed by atoms with Gasteiger partial charge >= 0.3 is 5.97 Å². The molecule has 104 valence electrons. The van der Waals surface area contributed by atoms with Crippen LogP contribution in [0.4, 0.5) is 5.69 Å². The number of amides is 1. The van der Waals surface area contributed by atoms with E-state index in [9.17, 15) is 19.8 Å². The predicted octanol–water partition coefficient (Wildman–Crippen LogP) is -0.110. The lowest BCUT2D eigenvalue weighted by Crippen LogP contribution is -2.26. The molecule has 7 nitrogen and oxygen atoms in total. The lowest BCUT2D eigenvalue weighted by molar-refractivity contribution is -0.121. The average Bonchev–Trinajstić information content (AvgIpc) is 2.29. The van der Waals surface area contributed by atoms with Gasteiger partial charge in [-0.25, -0.2) is 4.79 Å². The number of primary amides is 1. The van der Waals surface area contributed by atoms with Crippen LogP contribution in [0, 0.1) is 0 Å². The van der Waals surface area contributed by atoms with Gasteiger partial charge in [0.1, 0.15) is 6.10 Å². The van der Waals surface area contributed by atoms with Gasteiger partial charge < -0.3 is 26.8 Å². The van der Waals surface area contributed by atoms with E-state index in [4.69, 9.17) is 28.2 Å². The van der Waals surface area contributed by atoms with Crippen molar-refractivity contribution in [2.24, 2.45) is 5.73 Å². The maximum atomic E-state index is 10.9. The van der Waals surface area contributed by atoms with Crippen molar-refractivity contribution >= 4 is 29.2 Å². The minimum Gasteiger partial charge on any atom is -0.478 e. The second kappa shape index (κ2) is 5.87. The number of carbonyl (C=O) groups is 2. The van der Waals surface area contributed by atoms with Gasteiger partial charge in [0, 0.05) is 10.6 Å². The van der Waals surface area contributed by atoms with Gasteiger partial charge in [-0.1, -0.05) is 11.6 Å². The van der Waals surface area contributed by atoms with Gasteiger partial charge in [0.15, 0.2) is 0 Å². The summed E-state index contributed by atoms with van der Waals surface area (Å²) in [5.41, 5.74) is 9.89. The zero-order valence-electron chi connectivity index (χ0n) is 9.71. The second-order valence-corrected chi connectivity index (χ2v) is 4.38. The lowest BCUT2D eigenvalue weighted by Gasteiger charge is -2.19. The van der Waals surface area contributed by atoms with Crippen molar-refractivity contribution in [1.82, 2.24) is 0 Å². The molecule has 7 N–H and O–H groups in total. The number of nitrogens with two attached hydrogens (primary N) is 2. The van der Waals surface area contributed by atoms with E-state index >= 15 is 0 Å². The molecule has 1 rings (SSSR count). The van der Waals surface area contributed by atoms with E-state index in [0.717, 1.165) is 6.07 Å². The van der Waals surface area contributed by atoms with Crippen molar-refractivity contribution in [2.45, 2.75) is 18.6 Å². The molecule has 0 radical (unpaired) electrons. The number of aliphatic hydroxyl groups excluding tert-OH is 2. The third-order valence-corrected chi connectivity index (χ3v) is 2.72. The number of carboxylic acids is 1. The Bertz CT molecular complexity index is 520. The van der Waals surface area contributed by atoms with Gasteiger partial charge in [0.05, 0.1) is 23.8 Å². The Labute approximate surface area is 113 Å². The predicted molar refractivity (Wildman–Crippen MR) is 67.6 cm³/mol. The van der Waals surface area contributed by atoms with Crippen molar-refractivity contribution in [3.8, 4) is 0 Å². The number of halogens is 1. The molecule has 19 heavy (non-hydrogen) atoms. The van der Waals surface area contributed by atoms with Crippen LogP contribution in [0.15, 0.2) is 12.1 Å². The summed E-state index contributed by atoms with van der Waals surface area (Å²) in [4.78, 5) is 21.6. The van der Waals surface area contributed by atoms with Crippen LogP contribution in [0.1, 0.15) is 28.4 Å². The fraction of sp³-hybridized carbons (Fsp3) is 0.273. The summed E-state index contributed by atoms with van der Waals surface area (Å²) in [6, 6.07) is 2.34. The Balaban J connectivity index is 3.19. The van der Waals surface area contributed by atoms with Crippen molar-refractivity contribution < 1.29 is 24.9 Å². The number of hydrogen-bond acceptors (Lipinski definition) is 5. The number of benzene rings is 1. The van der Waals surface area contributed by atoms with Gasteiger partial charge in [-0.05, 0) is 12.1 Å². The van der Waals surface area contributed by atoms with Gasteiger partial charge in [0.2, 0.25) is 5.91 Å². The van der Waals surface area contributed by atoms with Crippen LogP contribution in [-0.4, -0.2) is 33.3 Å². The van der Waals surface area contributed by atoms with E-state index in [2.05, 4.69) is 0 Å². The number of carbonyl (C=O) groups excluding carboxylic acids is 1. The first-order valence-electron chi connectivity index (χ1n) is 5.20. The van der Waals surface area contributed by atoms with Crippen molar-refractivity contribution in [2.75, 3.05) is 5.73 Å². The van der Waals surface area contributed by atoms with Gasteiger partial charge in [-0.2, -0.15) is 0 Å². The first-order valence-corrected chi connectivity index (χ1v) is 5.58. The molecule has 0 bridgehead atoms. The summed E-state index contributed by atoms with van der Waals surface area (Å²) < 4.78 is 0. The normalized spacial score (nSPS) is 13.8. The Kier molecular flexibility index (Phi) is 4.71. The van der Waals surface area contributed by atoms with E-state index in [1.54, 1.807) is 0 Å². The van der Waals surface area contributed by atoms with Gasteiger partial charge in [0.25, 0.3) is 0 Å². The second-order valence-electron chi connectivity index (χ2n) is 3.94. The minimum absolute atomic E-state index is 0.0342. The molecule has 0 heterocycles. The molecule has 0 saturated heterocycles. The highest BCUT2D eigenvalue weighted by Gasteiger charge is 2.25. The molecule has 0 spiro atoms. The molecule has 0 aliphatic heterocycles. The van der Waals surface area contributed by atoms with E-state index in [0.29, 0.717) is 0 Å². The zero-order valence-corrected chi connectivity index (χ0v) is 10.5. The average molecular weight is 289 g/mol. The first-order chi connectivity index (χ1) is 8.73. The maximum absolute atomic E-state index is 10.9. The third-order valence-electron chi connectivity index (χ3n) is 2.50. The summed E-state index contributed by atoms with van der Waals surface area (Å²) in [5.74, 6) is -2.14.